The molecule has 0 aromatic heterocycles. The molecule has 0 aliphatic rings. The van der Waals surface area contributed by atoms with Crippen molar-refractivity contribution >= 4 is 18.2 Å². The molecule has 0 amide bonds. The lowest BCUT2D eigenvalue weighted by atomic mass is 9.85. The van der Waals surface area contributed by atoms with E-state index in [1.807, 2.05) is 0 Å². The minimum absolute atomic E-state index is 0.00422. The van der Waals surface area contributed by atoms with Crippen LogP contribution < -0.4 is 0 Å². The number of carbonyl (C=O) groups is 3. The van der Waals surface area contributed by atoms with Gasteiger partial charge in [-0.15, -0.1) is 0 Å². The van der Waals surface area contributed by atoms with Crippen LogP contribution in [0, 0.1) is 5.41 Å². The molecule has 0 fully saturated rings. The maximum absolute atomic E-state index is 11.8. The number of aldehydes is 1. The number of ether oxygens (including phenoxy) is 2. The lowest BCUT2D eigenvalue weighted by Gasteiger charge is -2.24. The Bertz CT molecular complexity index is 308. The van der Waals surface area contributed by atoms with Gasteiger partial charge < -0.3 is 14.3 Å². The molecule has 0 unspecified atom stereocenters. The van der Waals surface area contributed by atoms with Crippen LogP contribution in [0.4, 0.5) is 0 Å². The second-order valence-corrected chi connectivity index (χ2v) is 3.81. The predicted molar refractivity (Wildman–Crippen MR) is 65.7 cm³/mol. The fraction of sp³-hybridized carbons (Fsp3) is 0.462. The van der Waals surface area contributed by atoms with Gasteiger partial charge in [0.05, 0.1) is 0 Å². The van der Waals surface area contributed by atoms with Crippen molar-refractivity contribution in [2.75, 3.05) is 13.2 Å². The van der Waals surface area contributed by atoms with Gasteiger partial charge >= 0.3 is 11.9 Å². The number of carbonyl (C=O) groups excluding carboxylic acids is 3. The molecule has 0 rings (SSSR count). The molecule has 5 heteroatoms. The molecule has 0 aromatic carbocycles. The van der Waals surface area contributed by atoms with Gasteiger partial charge in [0.15, 0.2) is 5.41 Å². The van der Waals surface area contributed by atoms with Gasteiger partial charge in [0.1, 0.15) is 19.5 Å². The SMILES string of the molecule is C=CCOC(=O)C(C)(CCC=O)C(=O)OCC=C. The third-order valence-electron chi connectivity index (χ3n) is 2.33. The number of hydrogen-bond acceptors (Lipinski definition) is 5. The third kappa shape index (κ3) is 4.53. The molecule has 0 saturated carbocycles. The van der Waals surface area contributed by atoms with Gasteiger partial charge in [0.25, 0.3) is 0 Å². The number of rotatable bonds is 9. The van der Waals surface area contributed by atoms with Crippen molar-refractivity contribution in [1.29, 1.82) is 0 Å². The first-order valence-electron chi connectivity index (χ1n) is 5.52. The Morgan fingerprint density at radius 2 is 1.56 bits per heavy atom. The Balaban J connectivity index is 4.83. The molecule has 0 radical (unpaired) electrons. The van der Waals surface area contributed by atoms with E-state index in [0.717, 1.165) is 0 Å². The summed E-state index contributed by atoms with van der Waals surface area (Å²) in [6.07, 6.45) is 3.55. The quantitative estimate of drug-likeness (QED) is 0.269. The number of hydrogen-bond donors (Lipinski definition) is 0. The lowest BCUT2D eigenvalue weighted by Crippen LogP contribution is -2.39. The minimum Gasteiger partial charge on any atom is -0.461 e. The van der Waals surface area contributed by atoms with E-state index in [-0.39, 0.29) is 26.1 Å². The first kappa shape index (κ1) is 16.1. The van der Waals surface area contributed by atoms with E-state index in [9.17, 15) is 14.4 Å². The first-order chi connectivity index (χ1) is 8.52. The van der Waals surface area contributed by atoms with Crippen LogP contribution >= 0.6 is 0 Å². The maximum atomic E-state index is 11.8. The second kappa shape index (κ2) is 8.22. The molecule has 0 N–H and O–H groups in total. The van der Waals surface area contributed by atoms with Crippen LogP contribution in [-0.2, 0) is 23.9 Å². The van der Waals surface area contributed by atoms with E-state index in [2.05, 4.69) is 13.2 Å². The highest BCUT2D eigenvalue weighted by molar-refractivity contribution is 5.99. The Morgan fingerprint density at radius 3 is 1.89 bits per heavy atom. The Labute approximate surface area is 106 Å². The van der Waals surface area contributed by atoms with Crippen molar-refractivity contribution in [3.63, 3.8) is 0 Å². The summed E-state index contributed by atoms with van der Waals surface area (Å²) in [5, 5.41) is 0. The summed E-state index contributed by atoms with van der Waals surface area (Å²) in [6.45, 7) is 8.22. The predicted octanol–water partition coefficient (Wildman–Crippen LogP) is 1.43. The average molecular weight is 254 g/mol. The van der Waals surface area contributed by atoms with E-state index >= 15 is 0 Å². The van der Waals surface area contributed by atoms with E-state index in [1.54, 1.807) is 0 Å². The lowest BCUT2D eigenvalue weighted by molar-refractivity contribution is -0.170. The smallest absolute Gasteiger partial charge is 0.323 e. The van der Waals surface area contributed by atoms with Crippen molar-refractivity contribution in [1.82, 2.24) is 0 Å². The molecule has 0 bridgehead atoms. The zero-order valence-corrected chi connectivity index (χ0v) is 10.5. The normalized spacial score (nSPS) is 10.3. The second-order valence-electron chi connectivity index (χ2n) is 3.81. The molecular weight excluding hydrogens is 236 g/mol. The zero-order valence-electron chi connectivity index (χ0n) is 10.5. The molecule has 0 atom stereocenters. The molecule has 5 nitrogen and oxygen atoms in total. The van der Waals surface area contributed by atoms with Crippen molar-refractivity contribution in [2.45, 2.75) is 19.8 Å². The largest absolute Gasteiger partial charge is 0.461 e. The topological polar surface area (TPSA) is 69.7 Å². The highest BCUT2D eigenvalue weighted by Crippen LogP contribution is 2.26. The summed E-state index contributed by atoms with van der Waals surface area (Å²) in [6, 6.07) is 0. The van der Waals surface area contributed by atoms with E-state index in [4.69, 9.17) is 9.47 Å². The van der Waals surface area contributed by atoms with Gasteiger partial charge in [-0.2, -0.15) is 0 Å². The van der Waals surface area contributed by atoms with Crippen LogP contribution in [0.3, 0.4) is 0 Å². The monoisotopic (exact) mass is 254 g/mol. The summed E-state index contributed by atoms with van der Waals surface area (Å²) in [7, 11) is 0. The van der Waals surface area contributed by atoms with Crippen LogP contribution in [0.1, 0.15) is 19.8 Å². The summed E-state index contributed by atoms with van der Waals surface area (Å²) in [4.78, 5) is 34.0. The molecule has 0 aliphatic carbocycles. The molecule has 100 valence electrons. The van der Waals surface area contributed by atoms with Gasteiger partial charge in [-0.1, -0.05) is 25.3 Å². The summed E-state index contributed by atoms with van der Waals surface area (Å²) < 4.78 is 9.71. The van der Waals surface area contributed by atoms with Crippen LogP contribution in [-0.4, -0.2) is 31.4 Å². The fourth-order valence-electron chi connectivity index (χ4n) is 1.22. The molecule has 0 heterocycles. The molecule has 18 heavy (non-hydrogen) atoms. The summed E-state index contributed by atoms with van der Waals surface area (Å²) in [5.41, 5.74) is -1.48. The van der Waals surface area contributed by atoms with Gasteiger partial charge in [-0.25, -0.2) is 0 Å². The summed E-state index contributed by atoms with van der Waals surface area (Å²) >= 11 is 0. The van der Waals surface area contributed by atoms with Crippen LogP contribution in [0.15, 0.2) is 25.3 Å². The van der Waals surface area contributed by atoms with Gasteiger partial charge in [0.2, 0.25) is 0 Å². The summed E-state index contributed by atoms with van der Waals surface area (Å²) in [5.74, 6) is -1.45. The van der Waals surface area contributed by atoms with E-state index < -0.39 is 17.4 Å². The van der Waals surface area contributed by atoms with Crippen LogP contribution in [0.5, 0.6) is 0 Å². The molecular formula is C13H18O5. The Kier molecular flexibility index (Phi) is 7.35. The van der Waals surface area contributed by atoms with Crippen molar-refractivity contribution in [2.24, 2.45) is 5.41 Å². The van der Waals surface area contributed by atoms with E-state index in [0.29, 0.717) is 6.29 Å². The Morgan fingerprint density at radius 1 is 1.11 bits per heavy atom. The van der Waals surface area contributed by atoms with Crippen LogP contribution in [0.2, 0.25) is 0 Å². The molecule has 0 aromatic rings. The van der Waals surface area contributed by atoms with Gasteiger partial charge in [0, 0.05) is 6.42 Å². The third-order valence-corrected chi connectivity index (χ3v) is 2.33. The standard InChI is InChI=1S/C13H18O5/c1-4-9-17-11(15)13(3,7-6-8-14)12(16)18-10-5-2/h4-5,8H,1-2,6-7,9-10H2,3H3. The Hall–Kier alpha value is -1.91. The zero-order chi connectivity index (χ0) is 14.0. The van der Waals surface area contributed by atoms with Crippen LogP contribution in [0.25, 0.3) is 0 Å². The highest BCUT2D eigenvalue weighted by Gasteiger charge is 2.43. The van der Waals surface area contributed by atoms with Crippen molar-refractivity contribution in [3.05, 3.63) is 25.3 Å². The molecule has 0 saturated heterocycles. The fourth-order valence-corrected chi connectivity index (χ4v) is 1.22. The minimum atomic E-state index is -1.48. The maximum Gasteiger partial charge on any atom is 0.323 e. The molecule has 0 aliphatic heterocycles. The number of esters is 2. The van der Waals surface area contributed by atoms with Crippen molar-refractivity contribution < 1.29 is 23.9 Å². The first-order valence-corrected chi connectivity index (χ1v) is 5.52. The average Bonchev–Trinajstić information content (AvgIpc) is 2.38. The highest BCUT2D eigenvalue weighted by atomic mass is 16.6. The molecule has 0 spiro atoms. The van der Waals surface area contributed by atoms with E-state index in [1.165, 1.54) is 19.1 Å². The van der Waals surface area contributed by atoms with Gasteiger partial charge in [-0.05, 0) is 13.3 Å². The van der Waals surface area contributed by atoms with Gasteiger partial charge in [-0.3, -0.25) is 9.59 Å². The van der Waals surface area contributed by atoms with Crippen molar-refractivity contribution in [3.8, 4) is 0 Å².